The van der Waals surface area contributed by atoms with Gasteiger partial charge in [-0.2, -0.15) is 0 Å². The molecule has 66 valence electrons. The molecule has 1 rings (SSSR count). The van der Waals surface area contributed by atoms with Crippen molar-refractivity contribution < 1.29 is 0 Å². The van der Waals surface area contributed by atoms with Crippen molar-refractivity contribution in [3.63, 3.8) is 0 Å². The molecule has 0 aliphatic heterocycles. The molecule has 1 heterocycles. The highest BCUT2D eigenvalue weighted by atomic mass is 79.9. The number of pyridine rings is 1. The molecule has 0 spiro atoms. The van der Waals surface area contributed by atoms with Crippen molar-refractivity contribution in [2.24, 2.45) is 0 Å². The zero-order valence-electron chi connectivity index (χ0n) is 7.00. The van der Waals surface area contributed by atoms with Crippen LogP contribution in [0.4, 0.5) is 11.5 Å². The minimum Gasteiger partial charge on any atom is -0.396 e. The maximum atomic E-state index is 5.69. The van der Waals surface area contributed by atoms with Gasteiger partial charge in [0.1, 0.15) is 0 Å². The number of nitrogens with zero attached hydrogens (tertiary/aromatic N) is 2. The molecule has 0 amide bonds. The van der Waals surface area contributed by atoms with Crippen molar-refractivity contribution in [3.05, 3.63) is 16.7 Å². The summed E-state index contributed by atoms with van der Waals surface area (Å²) in [6.07, 6.45) is 1.70. The second-order valence-corrected chi connectivity index (χ2v) is 3.51. The van der Waals surface area contributed by atoms with Crippen LogP contribution in [0.3, 0.4) is 0 Å². The maximum Gasteiger partial charge on any atom is 0.163 e. The molecule has 0 aliphatic carbocycles. The molecule has 0 bridgehead atoms. The number of hydrogen-bond donors (Lipinski definition) is 2. The minimum absolute atomic E-state index is 0.623. The van der Waals surface area contributed by atoms with Gasteiger partial charge in [0.25, 0.3) is 0 Å². The number of anilines is 2. The Kier molecular flexibility index (Phi) is 2.88. The molecule has 0 saturated heterocycles. The second-order valence-electron chi connectivity index (χ2n) is 2.60. The Bertz CT molecular complexity index is 274. The molecule has 0 fully saturated rings. The maximum absolute atomic E-state index is 5.69. The van der Waals surface area contributed by atoms with Crippen LogP contribution in [-0.2, 0) is 0 Å². The first kappa shape index (κ1) is 9.28. The van der Waals surface area contributed by atoms with Gasteiger partial charge in [-0.25, -0.2) is 9.99 Å². The van der Waals surface area contributed by atoms with Gasteiger partial charge in [0.2, 0.25) is 0 Å². The third kappa shape index (κ3) is 2.35. The van der Waals surface area contributed by atoms with Gasteiger partial charge in [-0.1, -0.05) is 0 Å². The van der Waals surface area contributed by atoms with Crippen molar-refractivity contribution >= 4 is 27.4 Å². The van der Waals surface area contributed by atoms with Crippen LogP contribution in [0.25, 0.3) is 0 Å². The molecule has 1 aromatic rings. The fourth-order valence-corrected chi connectivity index (χ4v) is 1.11. The lowest BCUT2D eigenvalue weighted by Crippen LogP contribution is -2.21. The Hall–Kier alpha value is -0.810. The summed E-state index contributed by atoms with van der Waals surface area (Å²) in [6, 6.07) is 1.80. The summed E-state index contributed by atoms with van der Waals surface area (Å²) in [5.41, 5.74) is 9.29. The molecule has 0 unspecified atom stereocenters. The minimum atomic E-state index is 0.623. The van der Waals surface area contributed by atoms with E-state index in [9.17, 15) is 0 Å². The molecular weight excluding hydrogens is 220 g/mol. The van der Waals surface area contributed by atoms with E-state index in [0.717, 1.165) is 4.47 Å². The van der Waals surface area contributed by atoms with Gasteiger partial charge in [-0.15, -0.1) is 0 Å². The van der Waals surface area contributed by atoms with Gasteiger partial charge >= 0.3 is 0 Å². The second kappa shape index (κ2) is 3.73. The van der Waals surface area contributed by atoms with Crippen LogP contribution in [0.2, 0.25) is 0 Å². The normalized spacial score (nSPS) is 10.3. The molecular formula is C7H11BrN4. The number of hydrazine groups is 1. The highest BCUT2D eigenvalue weighted by molar-refractivity contribution is 9.10. The average molecular weight is 231 g/mol. The summed E-state index contributed by atoms with van der Waals surface area (Å²) < 4.78 is 0.879. The first-order chi connectivity index (χ1) is 5.59. The number of halogens is 1. The summed E-state index contributed by atoms with van der Waals surface area (Å²) in [5, 5.41) is 1.78. The summed E-state index contributed by atoms with van der Waals surface area (Å²) >= 11 is 3.28. The Labute approximate surface area is 79.9 Å². The highest BCUT2D eigenvalue weighted by Gasteiger charge is 2.00. The van der Waals surface area contributed by atoms with Gasteiger partial charge in [0, 0.05) is 24.8 Å². The molecule has 0 saturated carbocycles. The van der Waals surface area contributed by atoms with Crippen molar-refractivity contribution in [1.29, 1.82) is 0 Å². The molecule has 0 atom stereocenters. The van der Waals surface area contributed by atoms with E-state index >= 15 is 0 Å². The third-order valence-corrected chi connectivity index (χ3v) is 1.65. The van der Waals surface area contributed by atoms with Crippen molar-refractivity contribution in [2.75, 3.05) is 25.3 Å². The van der Waals surface area contributed by atoms with Crippen molar-refractivity contribution in [3.8, 4) is 0 Å². The highest BCUT2D eigenvalue weighted by Crippen LogP contribution is 2.19. The fraction of sp³-hybridized carbons (Fsp3) is 0.286. The smallest absolute Gasteiger partial charge is 0.163 e. The van der Waals surface area contributed by atoms with Crippen molar-refractivity contribution in [2.45, 2.75) is 0 Å². The van der Waals surface area contributed by atoms with E-state index in [-0.39, 0.29) is 0 Å². The molecule has 5 heteroatoms. The topological polar surface area (TPSA) is 54.2 Å². The quantitative estimate of drug-likeness (QED) is 0.753. The van der Waals surface area contributed by atoms with Crippen LogP contribution in [0.15, 0.2) is 16.7 Å². The number of nitrogens with one attached hydrogen (secondary N) is 1. The fourth-order valence-electron chi connectivity index (χ4n) is 0.760. The van der Waals surface area contributed by atoms with Crippen LogP contribution >= 0.6 is 15.9 Å². The van der Waals surface area contributed by atoms with Crippen LogP contribution in [0, 0.1) is 0 Å². The first-order valence-corrected chi connectivity index (χ1v) is 4.24. The first-order valence-electron chi connectivity index (χ1n) is 3.44. The lowest BCUT2D eigenvalue weighted by molar-refractivity contribution is 0.493. The number of hydrogen-bond acceptors (Lipinski definition) is 4. The average Bonchev–Trinajstić information content (AvgIpc) is 1.94. The Morgan fingerprint density at radius 2 is 2.25 bits per heavy atom. The number of nitrogens with two attached hydrogens (primary N) is 1. The van der Waals surface area contributed by atoms with E-state index in [4.69, 9.17) is 5.73 Å². The molecule has 0 radical (unpaired) electrons. The largest absolute Gasteiger partial charge is 0.396 e. The molecule has 4 nitrogen and oxygen atoms in total. The Morgan fingerprint density at radius 1 is 1.58 bits per heavy atom. The molecule has 0 aromatic carbocycles. The Morgan fingerprint density at radius 3 is 2.75 bits per heavy atom. The van der Waals surface area contributed by atoms with Crippen LogP contribution in [0.5, 0.6) is 0 Å². The van der Waals surface area contributed by atoms with E-state index in [1.807, 2.05) is 14.1 Å². The molecule has 3 N–H and O–H groups in total. The van der Waals surface area contributed by atoms with E-state index in [1.165, 1.54) is 0 Å². The van der Waals surface area contributed by atoms with Gasteiger partial charge < -0.3 is 11.2 Å². The number of nitrogen functional groups attached to an aromatic ring is 1. The SMILES string of the molecule is CN(C)Nc1ncc(Br)cc1N. The van der Waals surface area contributed by atoms with E-state index in [2.05, 4.69) is 26.3 Å². The monoisotopic (exact) mass is 230 g/mol. The van der Waals surface area contributed by atoms with Crippen LogP contribution in [0.1, 0.15) is 0 Å². The zero-order chi connectivity index (χ0) is 9.14. The van der Waals surface area contributed by atoms with E-state index in [1.54, 1.807) is 17.3 Å². The Balaban J connectivity index is 2.86. The summed E-state index contributed by atoms with van der Waals surface area (Å²) in [6.45, 7) is 0. The standard InChI is InChI=1S/C7H11BrN4/c1-12(2)11-7-6(9)3-5(8)4-10-7/h3-4H,9H2,1-2H3,(H,10,11). The molecule has 1 aromatic heterocycles. The summed E-state index contributed by atoms with van der Waals surface area (Å²) in [4.78, 5) is 4.09. The number of aromatic nitrogens is 1. The van der Waals surface area contributed by atoms with Crippen LogP contribution < -0.4 is 11.2 Å². The van der Waals surface area contributed by atoms with Gasteiger partial charge in [0.15, 0.2) is 5.82 Å². The van der Waals surface area contributed by atoms with E-state index < -0.39 is 0 Å². The van der Waals surface area contributed by atoms with Crippen LogP contribution in [-0.4, -0.2) is 24.1 Å². The van der Waals surface area contributed by atoms with Gasteiger partial charge in [0.05, 0.1) is 5.69 Å². The van der Waals surface area contributed by atoms with E-state index in [0.29, 0.717) is 11.5 Å². The lowest BCUT2D eigenvalue weighted by Gasteiger charge is -2.13. The zero-order valence-corrected chi connectivity index (χ0v) is 8.59. The van der Waals surface area contributed by atoms with Gasteiger partial charge in [-0.05, 0) is 22.0 Å². The lowest BCUT2D eigenvalue weighted by atomic mass is 10.4. The molecule has 0 aliphatic rings. The predicted octanol–water partition coefficient (Wildman–Crippen LogP) is 1.31. The predicted molar refractivity (Wildman–Crippen MR) is 53.7 cm³/mol. The summed E-state index contributed by atoms with van der Waals surface area (Å²) in [7, 11) is 3.76. The number of rotatable bonds is 2. The van der Waals surface area contributed by atoms with Gasteiger partial charge in [-0.3, -0.25) is 0 Å². The van der Waals surface area contributed by atoms with Crippen molar-refractivity contribution in [1.82, 2.24) is 9.99 Å². The summed E-state index contributed by atoms with van der Waals surface area (Å²) in [5.74, 6) is 0.670. The third-order valence-electron chi connectivity index (χ3n) is 1.21. The molecule has 12 heavy (non-hydrogen) atoms.